The van der Waals surface area contributed by atoms with Gasteiger partial charge in [-0.2, -0.15) is 5.10 Å². The Morgan fingerprint density at radius 3 is 2.69 bits per heavy atom. The van der Waals surface area contributed by atoms with Crippen molar-refractivity contribution in [3.8, 4) is 0 Å². The van der Waals surface area contributed by atoms with Crippen LogP contribution in [0.25, 0.3) is 0 Å². The number of carbonyl (C=O) groups excluding carboxylic acids is 3. The molecule has 0 aromatic heterocycles. The van der Waals surface area contributed by atoms with Crippen molar-refractivity contribution >= 4 is 23.5 Å². The second kappa shape index (κ2) is 8.76. The Hall–Kier alpha value is -2.70. The number of hydrazone groups is 1. The number of piperidine rings is 1. The lowest BCUT2D eigenvalue weighted by molar-refractivity contribution is -0.160. The van der Waals surface area contributed by atoms with Crippen LogP contribution in [-0.4, -0.2) is 60.1 Å². The van der Waals surface area contributed by atoms with E-state index >= 15 is 0 Å². The van der Waals surface area contributed by atoms with E-state index in [1.54, 1.807) is 18.9 Å². The largest absolute Gasteiger partial charge is 0.466 e. The molecule has 2 heterocycles. The maximum Gasteiger partial charge on any atom is 0.314 e. The van der Waals surface area contributed by atoms with Crippen molar-refractivity contribution in [1.82, 2.24) is 9.91 Å². The second-order valence-corrected chi connectivity index (χ2v) is 7.90. The monoisotopic (exact) mass is 399 g/mol. The number of ether oxygens (including phenoxy) is 1. The van der Waals surface area contributed by atoms with E-state index in [9.17, 15) is 14.4 Å². The second-order valence-electron chi connectivity index (χ2n) is 7.90. The van der Waals surface area contributed by atoms with E-state index in [0.29, 0.717) is 44.7 Å². The highest BCUT2D eigenvalue weighted by atomic mass is 16.5. The van der Waals surface area contributed by atoms with Crippen LogP contribution < -0.4 is 0 Å². The van der Waals surface area contributed by atoms with Crippen LogP contribution in [0.4, 0.5) is 0 Å². The van der Waals surface area contributed by atoms with Crippen molar-refractivity contribution in [3.63, 3.8) is 0 Å². The summed E-state index contributed by atoms with van der Waals surface area (Å²) in [5.74, 6) is -0.540. The minimum atomic E-state index is -0.771. The maximum absolute atomic E-state index is 13.1. The van der Waals surface area contributed by atoms with Crippen molar-refractivity contribution in [2.24, 2.45) is 10.5 Å². The minimum absolute atomic E-state index is 0.0967. The van der Waals surface area contributed by atoms with Gasteiger partial charge in [0.1, 0.15) is 5.71 Å². The number of amides is 2. The summed E-state index contributed by atoms with van der Waals surface area (Å²) in [6.45, 7) is 5.01. The maximum atomic E-state index is 13.1. The van der Waals surface area contributed by atoms with Crippen LogP contribution in [-0.2, 0) is 25.5 Å². The predicted molar refractivity (Wildman–Crippen MR) is 109 cm³/mol. The number of benzene rings is 1. The van der Waals surface area contributed by atoms with Crippen molar-refractivity contribution < 1.29 is 19.1 Å². The number of hydrogen-bond acceptors (Lipinski definition) is 5. The van der Waals surface area contributed by atoms with E-state index in [-0.39, 0.29) is 24.2 Å². The van der Waals surface area contributed by atoms with Gasteiger partial charge in [-0.1, -0.05) is 24.3 Å². The van der Waals surface area contributed by atoms with Gasteiger partial charge in [0.25, 0.3) is 5.91 Å². The molecule has 7 nitrogen and oxygen atoms in total. The van der Waals surface area contributed by atoms with Crippen LogP contribution in [0.15, 0.2) is 29.4 Å². The summed E-state index contributed by atoms with van der Waals surface area (Å²) < 4.78 is 5.44. The van der Waals surface area contributed by atoms with Crippen LogP contribution in [0.3, 0.4) is 0 Å². The van der Waals surface area contributed by atoms with Gasteiger partial charge in [-0.15, -0.1) is 0 Å². The first-order valence-electron chi connectivity index (χ1n) is 10.2. The Labute approximate surface area is 171 Å². The van der Waals surface area contributed by atoms with E-state index in [4.69, 9.17) is 4.74 Å². The van der Waals surface area contributed by atoms with E-state index in [1.165, 1.54) is 5.01 Å². The average molecular weight is 399 g/mol. The summed E-state index contributed by atoms with van der Waals surface area (Å²) in [6.07, 6.45) is 2.55. The van der Waals surface area contributed by atoms with Crippen molar-refractivity contribution in [1.29, 1.82) is 0 Å². The van der Waals surface area contributed by atoms with Crippen LogP contribution >= 0.6 is 0 Å². The van der Waals surface area contributed by atoms with E-state index in [1.807, 2.05) is 31.2 Å². The molecular formula is C22H29N3O4. The third-order valence-electron chi connectivity index (χ3n) is 5.82. The molecule has 2 amide bonds. The third kappa shape index (κ3) is 4.49. The normalized spacial score (nSPS) is 22.3. The first-order chi connectivity index (χ1) is 13.9. The Morgan fingerprint density at radius 1 is 1.24 bits per heavy atom. The van der Waals surface area contributed by atoms with Gasteiger partial charge in [-0.3, -0.25) is 14.4 Å². The zero-order valence-corrected chi connectivity index (χ0v) is 17.4. The summed E-state index contributed by atoms with van der Waals surface area (Å²) in [6, 6.07) is 8.01. The molecule has 1 fully saturated rings. The molecule has 1 aromatic rings. The van der Waals surface area contributed by atoms with Crippen LogP contribution in [0, 0.1) is 12.3 Å². The minimum Gasteiger partial charge on any atom is -0.466 e. The van der Waals surface area contributed by atoms with Crippen LogP contribution in [0.1, 0.15) is 43.7 Å². The lowest BCUT2D eigenvalue weighted by Gasteiger charge is -2.41. The fourth-order valence-electron chi connectivity index (χ4n) is 4.15. The number of aryl methyl sites for hydroxylation is 1. The predicted octanol–water partition coefficient (Wildman–Crippen LogP) is 2.32. The quantitative estimate of drug-likeness (QED) is 0.712. The molecule has 0 bridgehead atoms. The summed E-state index contributed by atoms with van der Waals surface area (Å²) in [7, 11) is 1.56. The van der Waals surface area contributed by atoms with Gasteiger partial charge in [-0.25, -0.2) is 5.01 Å². The number of carbonyl (C=O) groups is 3. The molecule has 2 aliphatic heterocycles. The van der Waals surface area contributed by atoms with Crippen molar-refractivity contribution in [3.05, 3.63) is 35.4 Å². The molecule has 0 aliphatic carbocycles. The van der Waals surface area contributed by atoms with Gasteiger partial charge in [0.15, 0.2) is 0 Å². The molecule has 0 radical (unpaired) electrons. The smallest absolute Gasteiger partial charge is 0.314 e. The van der Waals surface area contributed by atoms with Gasteiger partial charge >= 0.3 is 5.97 Å². The number of esters is 1. The van der Waals surface area contributed by atoms with Crippen LogP contribution in [0.5, 0.6) is 0 Å². The highest BCUT2D eigenvalue weighted by molar-refractivity contribution is 6.39. The van der Waals surface area contributed by atoms with Gasteiger partial charge < -0.3 is 9.64 Å². The molecule has 7 heteroatoms. The van der Waals surface area contributed by atoms with Crippen LogP contribution in [0.2, 0.25) is 0 Å². The molecule has 156 valence electrons. The molecule has 1 saturated heterocycles. The van der Waals surface area contributed by atoms with Crippen molar-refractivity contribution in [2.45, 2.75) is 46.0 Å². The molecule has 1 atom stereocenters. The highest BCUT2D eigenvalue weighted by Gasteiger charge is 2.45. The topological polar surface area (TPSA) is 79.3 Å². The Balaban J connectivity index is 1.86. The average Bonchev–Trinajstić information content (AvgIpc) is 2.71. The highest BCUT2D eigenvalue weighted by Crippen LogP contribution is 2.36. The first kappa shape index (κ1) is 21.0. The summed E-state index contributed by atoms with van der Waals surface area (Å²) in [4.78, 5) is 39.5. The van der Waals surface area contributed by atoms with E-state index in [0.717, 1.165) is 17.5 Å². The SMILES string of the molecule is CCOC(=O)C1(Cc2ccccc2C)CCCN(C(=O)C2=NN(C)C(=O)CC2)C1. The molecule has 1 unspecified atom stereocenters. The van der Waals surface area contributed by atoms with Gasteiger partial charge in [-0.05, 0) is 44.2 Å². The molecule has 0 spiro atoms. The number of rotatable bonds is 5. The lowest BCUT2D eigenvalue weighted by Crippen LogP contribution is -2.53. The van der Waals surface area contributed by atoms with Crippen molar-refractivity contribution in [2.75, 3.05) is 26.7 Å². The van der Waals surface area contributed by atoms with E-state index < -0.39 is 5.41 Å². The molecule has 1 aromatic carbocycles. The molecule has 2 aliphatic rings. The standard InChI is InChI=1S/C22H29N3O4/c1-4-29-21(28)22(14-17-9-6-5-8-16(17)2)12-7-13-25(15-22)20(27)18-10-11-19(26)24(3)23-18/h5-6,8-9H,4,7,10-15H2,1-3H3. The van der Waals surface area contributed by atoms with Gasteiger partial charge in [0.2, 0.25) is 5.91 Å². The van der Waals surface area contributed by atoms with E-state index in [2.05, 4.69) is 5.10 Å². The number of likely N-dealkylation sites (tertiary alicyclic amines) is 1. The fourth-order valence-corrected chi connectivity index (χ4v) is 4.15. The lowest BCUT2D eigenvalue weighted by atomic mass is 9.74. The summed E-state index contributed by atoms with van der Waals surface area (Å²) >= 11 is 0. The first-order valence-corrected chi connectivity index (χ1v) is 10.2. The molecule has 0 saturated carbocycles. The zero-order valence-electron chi connectivity index (χ0n) is 17.4. The third-order valence-corrected chi connectivity index (χ3v) is 5.82. The van der Waals surface area contributed by atoms with Gasteiger partial charge in [0, 0.05) is 33.0 Å². The molecule has 0 N–H and O–H groups in total. The number of hydrogen-bond donors (Lipinski definition) is 0. The summed E-state index contributed by atoms with van der Waals surface area (Å²) in [5, 5.41) is 5.39. The number of nitrogens with zero attached hydrogens (tertiary/aromatic N) is 3. The molecule has 29 heavy (non-hydrogen) atoms. The summed E-state index contributed by atoms with van der Waals surface area (Å²) in [5.41, 5.74) is 1.82. The fraction of sp³-hybridized carbons (Fsp3) is 0.545. The molecular weight excluding hydrogens is 370 g/mol. The Morgan fingerprint density at radius 2 is 2.00 bits per heavy atom. The Bertz CT molecular complexity index is 835. The molecule has 3 rings (SSSR count). The zero-order chi connectivity index (χ0) is 21.0. The Kier molecular flexibility index (Phi) is 6.35. The van der Waals surface area contributed by atoms with Gasteiger partial charge in [0.05, 0.1) is 12.0 Å².